The van der Waals surface area contributed by atoms with E-state index in [-0.39, 0.29) is 6.10 Å². The molecule has 9 heteroatoms. The maximum atomic E-state index is 6.06. The largest absolute Gasteiger partial charge is 0.497 e. The predicted molar refractivity (Wildman–Crippen MR) is 106 cm³/mol. The molecule has 0 fully saturated rings. The summed E-state index contributed by atoms with van der Waals surface area (Å²) in [5.41, 5.74) is 3.20. The lowest BCUT2D eigenvalue weighted by Gasteiger charge is -2.24. The van der Waals surface area contributed by atoms with Gasteiger partial charge in [-0.15, -0.1) is 5.10 Å². The molecule has 0 bridgehead atoms. The second-order valence-corrected chi connectivity index (χ2v) is 6.79. The Morgan fingerprint density at radius 1 is 1.03 bits per heavy atom. The van der Waals surface area contributed by atoms with Gasteiger partial charge < -0.3 is 18.7 Å². The second kappa shape index (κ2) is 7.60. The molecule has 0 aliphatic carbocycles. The van der Waals surface area contributed by atoms with Crippen molar-refractivity contribution < 1.29 is 18.7 Å². The Morgan fingerprint density at radius 3 is 2.67 bits per heavy atom. The number of aromatic nitrogens is 5. The van der Waals surface area contributed by atoms with Crippen molar-refractivity contribution in [3.63, 3.8) is 0 Å². The first-order valence-electron chi connectivity index (χ1n) is 9.41. The molecule has 9 nitrogen and oxygen atoms in total. The van der Waals surface area contributed by atoms with Gasteiger partial charge >= 0.3 is 0 Å². The third-order valence-electron chi connectivity index (χ3n) is 5.04. The first-order chi connectivity index (χ1) is 14.7. The summed E-state index contributed by atoms with van der Waals surface area (Å²) >= 11 is 0. The second-order valence-electron chi connectivity index (χ2n) is 6.79. The first-order valence-corrected chi connectivity index (χ1v) is 9.41. The Hall–Kier alpha value is -3.72. The molecule has 4 aromatic rings. The molecule has 0 N–H and O–H groups in total. The Labute approximate surface area is 172 Å². The van der Waals surface area contributed by atoms with Crippen LogP contribution in [0.4, 0.5) is 0 Å². The quantitative estimate of drug-likeness (QED) is 0.499. The molecule has 1 aliphatic heterocycles. The van der Waals surface area contributed by atoms with Crippen LogP contribution in [0.3, 0.4) is 0 Å². The SMILES string of the molecule is COc1ccc([C@@H]2Cn3nnc(-c4noc(-c5cccc(OC)c5)n4)c3CO2)cc1. The van der Waals surface area contributed by atoms with Crippen LogP contribution in [-0.4, -0.2) is 39.4 Å². The molecule has 0 unspecified atom stereocenters. The average Bonchev–Trinajstić information content (AvgIpc) is 3.46. The lowest BCUT2D eigenvalue weighted by molar-refractivity contribution is -0.00114. The lowest BCUT2D eigenvalue weighted by atomic mass is 10.1. The minimum atomic E-state index is -0.115. The van der Waals surface area contributed by atoms with Crippen LogP contribution in [0.25, 0.3) is 23.0 Å². The van der Waals surface area contributed by atoms with Gasteiger partial charge in [0.25, 0.3) is 5.89 Å². The van der Waals surface area contributed by atoms with E-state index in [2.05, 4.69) is 20.5 Å². The topological polar surface area (TPSA) is 97.3 Å². The summed E-state index contributed by atoms with van der Waals surface area (Å²) in [5, 5.41) is 12.6. The molecular formula is C21H19N5O4. The first kappa shape index (κ1) is 18.3. The van der Waals surface area contributed by atoms with E-state index in [9.17, 15) is 0 Å². The van der Waals surface area contributed by atoms with E-state index in [1.807, 2.05) is 53.2 Å². The zero-order valence-corrected chi connectivity index (χ0v) is 16.5. The summed E-state index contributed by atoms with van der Waals surface area (Å²) < 4.78 is 23.8. The molecule has 2 aromatic heterocycles. The van der Waals surface area contributed by atoms with Crippen LogP contribution in [0, 0.1) is 0 Å². The van der Waals surface area contributed by atoms with Gasteiger partial charge in [0.2, 0.25) is 5.82 Å². The standard InChI is InChI=1S/C21H19N5O4/c1-27-15-8-6-13(7-9-15)18-11-26-17(12-29-18)19(23-25-26)20-22-21(30-24-20)14-4-3-5-16(10-14)28-2/h3-10,18H,11-12H2,1-2H3/t18-/m0/s1. The third-order valence-corrected chi connectivity index (χ3v) is 5.04. The van der Waals surface area contributed by atoms with Crippen LogP contribution in [0.5, 0.6) is 11.5 Å². The molecule has 0 radical (unpaired) electrons. The molecule has 0 spiro atoms. The van der Waals surface area contributed by atoms with E-state index < -0.39 is 0 Å². The normalized spacial score (nSPS) is 15.6. The highest BCUT2D eigenvalue weighted by molar-refractivity contribution is 5.60. The summed E-state index contributed by atoms with van der Waals surface area (Å²) in [7, 11) is 3.26. The number of fused-ring (bicyclic) bond motifs is 1. The average molecular weight is 405 g/mol. The number of methoxy groups -OCH3 is 2. The Bertz CT molecular complexity index is 1170. The zero-order valence-electron chi connectivity index (χ0n) is 16.5. The molecule has 0 saturated heterocycles. The van der Waals surface area contributed by atoms with Crippen molar-refractivity contribution in [2.75, 3.05) is 14.2 Å². The Kier molecular flexibility index (Phi) is 4.64. The number of hydrogen-bond donors (Lipinski definition) is 0. The van der Waals surface area contributed by atoms with Gasteiger partial charge in [-0.1, -0.05) is 28.6 Å². The minimum absolute atomic E-state index is 0.115. The number of ether oxygens (including phenoxy) is 3. The highest BCUT2D eigenvalue weighted by atomic mass is 16.5. The molecule has 2 aromatic carbocycles. The van der Waals surface area contributed by atoms with Gasteiger partial charge in [-0.05, 0) is 35.9 Å². The zero-order chi connectivity index (χ0) is 20.5. The van der Waals surface area contributed by atoms with Gasteiger partial charge in [0.15, 0.2) is 5.69 Å². The highest BCUT2D eigenvalue weighted by Gasteiger charge is 2.27. The summed E-state index contributed by atoms with van der Waals surface area (Å²) in [6.45, 7) is 0.900. The van der Waals surface area contributed by atoms with Crippen LogP contribution in [0.15, 0.2) is 53.1 Å². The van der Waals surface area contributed by atoms with Crippen molar-refractivity contribution in [1.82, 2.24) is 25.1 Å². The summed E-state index contributed by atoms with van der Waals surface area (Å²) in [6, 6.07) is 15.3. The summed E-state index contributed by atoms with van der Waals surface area (Å²) in [5.74, 6) is 2.28. The number of rotatable bonds is 5. The fourth-order valence-corrected chi connectivity index (χ4v) is 3.40. The van der Waals surface area contributed by atoms with Crippen molar-refractivity contribution in [3.8, 4) is 34.5 Å². The van der Waals surface area contributed by atoms with Gasteiger partial charge in [0.05, 0.1) is 33.1 Å². The van der Waals surface area contributed by atoms with Gasteiger partial charge in [-0.25, -0.2) is 4.68 Å². The van der Waals surface area contributed by atoms with E-state index in [1.165, 1.54) is 0 Å². The van der Waals surface area contributed by atoms with Crippen molar-refractivity contribution in [3.05, 3.63) is 59.8 Å². The van der Waals surface area contributed by atoms with Gasteiger partial charge in [0, 0.05) is 5.56 Å². The van der Waals surface area contributed by atoms with Crippen LogP contribution in [-0.2, 0) is 17.9 Å². The van der Waals surface area contributed by atoms with Crippen LogP contribution in [0.2, 0.25) is 0 Å². The third kappa shape index (κ3) is 3.29. The van der Waals surface area contributed by atoms with E-state index in [0.717, 1.165) is 22.6 Å². The Balaban J connectivity index is 1.38. The van der Waals surface area contributed by atoms with Crippen molar-refractivity contribution >= 4 is 0 Å². The summed E-state index contributed by atoms with van der Waals surface area (Å²) in [4.78, 5) is 4.48. The molecule has 1 aliphatic rings. The van der Waals surface area contributed by atoms with Crippen molar-refractivity contribution in [2.45, 2.75) is 19.3 Å². The van der Waals surface area contributed by atoms with Gasteiger partial charge in [-0.2, -0.15) is 4.98 Å². The molecule has 30 heavy (non-hydrogen) atoms. The summed E-state index contributed by atoms with van der Waals surface area (Å²) in [6.07, 6.45) is -0.115. The van der Waals surface area contributed by atoms with Gasteiger partial charge in [-0.3, -0.25) is 0 Å². The fourth-order valence-electron chi connectivity index (χ4n) is 3.40. The maximum absolute atomic E-state index is 6.06. The molecule has 152 valence electrons. The maximum Gasteiger partial charge on any atom is 0.258 e. The predicted octanol–water partition coefficient (Wildman–Crippen LogP) is 3.28. The Morgan fingerprint density at radius 2 is 1.87 bits per heavy atom. The van der Waals surface area contributed by atoms with Crippen LogP contribution < -0.4 is 9.47 Å². The minimum Gasteiger partial charge on any atom is -0.497 e. The van der Waals surface area contributed by atoms with Crippen molar-refractivity contribution in [2.24, 2.45) is 0 Å². The number of benzene rings is 2. The molecule has 0 amide bonds. The van der Waals surface area contributed by atoms with E-state index in [0.29, 0.717) is 36.3 Å². The monoisotopic (exact) mass is 405 g/mol. The molecule has 3 heterocycles. The van der Waals surface area contributed by atoms with Crippen LogP contribution >= 0.6 is 0 Å². The number of hydrogen-bond acceptors (Lipinski definition) is 8. The van der Waals surface area contributed by atoms with E-state index in [1.54, 1.807) is 14.2 Å². The van der Waals surface area contributed by atoms with Crippen molar-refractivity contribution in [1.29, 1.82) is 0 Å². The molecule has 1 atom stereocenters. The lowest BCUT2D eigenvalue weighted by Crippen LogP contribution is -2.22. The van der Waals surface area contributed by atoms with E-state index >= 15 is 0 Å². The smallest absolute Gasteiger partial charge is 0.258 e. The molecule has 5 rings (SSSR count). The molecule has 0 saturated carbocycles. The van der Waals surface area contributed by atoms with Gasteiger partial charge in [0.1, 0.15) is 17.6 Å². The van der Waals surface area contributed by atoms with Crippen LogP contribution in [0.1, 0.15) is 17.4 Å². The fraction of sp³-hybridized carbons (Fsp3) is 0.238. The highest BCUT2D eigenvalue weighted by Crippen LogP contribution is 2.31. The van der Waals surface area contributed by atoms with E-state index in [4.69, 9.17) is 18.7 Å². The molecular weight excluding hydrogens is 386 g/mol. The number of nitrogens with zero attached hydrogens (tertiary/aromatic N) is 5.